The van der Waals surface area contributed by atoms with Gasteiger partial charge in [0.15, 0.2) is 6.10 Å². The smallest absolute Gasteiger partial charge is 0.306 e. The first-order valence-corrected chi connectivity index (χ1v) is 26.6. The lowest BCUT2D eigenvalue weighted by atomic mass is 10.1. The maximum absolute atomic E-state index is 12.8. The Hall–Kier alpha value is -5.23. The monoisotopic (exact) mass is 947 g/mol. The van der Waals surface area contributed by atoms with E-state index < -0.39 is 6.10 Å². The Balaban J connectivity index is 4.66. The van der Waals surface area contributed by atoms with E-state index in [1.54, 1.807) is 0 Å². The minimum Gasteiger partial charge on any atom is -0.462 e. The van der Waals surface area contributed by atoms with Crippen molar-refractivity contribution in [1.29, 1.82) is 0 Å². The van der Waals surface area contributed by atoms with Crippen molar-refractivity contribution in [3.63, 3.8) is 0 Å². The first-order chi connectivity index (χ1) is 34.0. The van der Waals surface area contributed by atoms with E-state index in [9.17, 15) is 14.4 Å². The molecule has 0 heterocycles. The number of carbonyl (C=O) groups excluding carboxylic acids is 3. The van der Waals surface area contributed by atoms with Crippen molar-refractivity contribution in [3.8, 4) is 0 Å². The predicted molar refractivity (Wildman–Crippen MR) is 297 cm³/mol. The second-order valence-corrected chi connectivity index (χ2v) is 16.6. The first kappa shape index (κ1) is 63.8. The zero-order valence-corrected chi connectivity index (χ0v) is 43.5. The summed E-state index contributed by atoms with van der Waals surface area (Å²) in [6.45, 7) is 6.14. The molecule has 1 atom stereocenters. The van der Waals surface area contributed by atoms with Crippen LogP contribution in [0.15, 0.2) is 170 Å². The maximum atomic E-state index is 12.8. The van der Waals surface area contributed by atoms with Crippen molar-refractivity contribution in [3.05, 3.63) is 170 Å². The Morgan fingerprint density at radius 3 is 0.942 bits per heavy atom. The Kier molecular flexibility index (Phi) is 51.2. The molecule has 0 aliphatic heterocycles. The molecule has 0 aromatic heterocycles. The summed E-state index contributed by atoms with van der Waals surface area (Å²) in [7, 11) is 0. The van der Waals surface area contributed by atoms with Crippen LogP contribution in [0.4, 0.5) is 0 Å². The number of hydrogen-bond donors (Lipinski definition) is 0. The van der Waals surface area contributed by atoms with E-state index in [1.165, 1.54) is 0 Å². The molecule has 69 heavy (non-hydrogen) atoms. The largest absolute Gasteiger partial charge is 0.462 e. The maximum Gasteiger partial charge on any atom is 0.306 e. The summed E-state index contributed by atoms with van der Waals surface area (Å²) in [5, 5.41) is 0. The zero-order chi connectivity index (χ0) is 50.0. The zero-order valence-electron chi connectivity index (χ0n) is 43.5. The fourth-order valence-corrected chi connectivity index (χ4v) is 6.34. The third-order valence-corrected chi connectivity index (χ3v) is 10.2. The molecule has 6 nitrogen and oxygen atoms in total. The van der Waals surface area contributed by atoms with Gasteiger partial charge in [-0.25, -0.2) is 0 Å². The van der Waals surface area contributed by atoms with Crippen LogP contribution < -0.4 is 0 Å². The fourth-order valence-electron chi connectivity index (χ4n) is 6.34. The lowest BCUT2D eigenvalue weighted by Crippen LogP contribution is -2.30. The van der Waals surface area contributed by atoms with Crippen LogP contribution in [0.25, 0.3) is 0 Å². The van der Waals surface area contributed by atoms with Crippen molar-refractivity contribution in [2.24, 2.45) is 0 Å². The van der Waals surface area contributed by atoms with Crippen molar-refractivity contribution < 1.29 is 28.6 Å². The third-order valence-electron chi connectivity index (χ3n) is 10.2. The summed E-state index contributed by atoms with van der Waals surface area (Å²) >= 11 is 0. The van der Waals surface area contributed by atoms with Crippen molar-refractivity contribution >= 4 is 17.9 Å². The molecule has 0 spiro atoms. The molecule has 0 bridgehead atoms. The van der Waals surface area contributed by atoms with Crippen molar-refractivity contribution in [1.82, 2.24) is 0 Å². The first-order valence-electron chi connectivity index (χ1n) is 26.6. The van der Waals surface area contributed by atoms with Gasteiger partial charge in [0.25, 0.3) is 0 Å². The average Bonchev–Trinajstić information content (AvgIpc) is 3.35. The molecular weight excluding hydrogens is 853 g/mol. The van der Waals surface area contributed by atoms with E-state index in [-0.39, 0.29) is 50.4 Å². The minimum atomic E-state index is -0.850. The van der Waals surface area contributed by atoms with E-state index in [4.69, 9.17) is 14.2 Å². The van der Waals surface area contributed by atoms with E-state index in [0.717, 1.165) is 135 Å². The van der Waals surface area contributed by atoms with Crippen molar-refractivity contribution in [2.75, 3.05) is 13.2 Å². The lowest BCUT2D eigenvalue weighted by Gasteiger charge is -2.18. The molecule has 0 fully saturated rings. The summed E-state index contributed by atoms with van der Waals surface area (Å²) in [4.78, 5) is 38.0. The molecule has 0 unspecified atom stereocenters. The van der Waals surface area contributed by atoms with Crippen LogP contribution in [0.3, 0.4) is 0 Å². The average molecular weight is 947 g/mol. The normalized spacial score (nSPS) is 13.5. The Morgan fingerprint density at radius 2 is 0.565 bits per heavy atom. The molecule has 0 N–H and O–H groups in total. The van der Waals surface area contributed by atoms with Gasteiger partial charge in [0, 0.05) is 19.3 Å². The van der Waals surface area contributed by atoms with E-state index in [1.807, 2.05) is 12.2 Å². The molecule has 0 aromatic rings. The fraction of sp³-hybridized carbons (Fsp3) is 0.508. The van der Waals surface area contributed by atoms with Gasteiger partial charge < -0.3 is 14.2 Å². The van der Waals surface area contributed by atoms with Gasteiger partial charge in [0.05, 0.1) is 0 Å². The second-order valence-electron chi connectivity index (χ2n) is 16.6. The molecule has 0 radical (unpaired) electrons. The van der Waals surface area contributed by atoms with Crippen LogP contribution in [0.2, 0.25) is 0 Å². The Morgan fingerprint density at radius 1 is 0.290 bits per heavy atom. The molecule has 382 valence electrons. The van der Waals surface area contributed by atoms with Crippen LogP contribution in [0, 0.1) is 0 Å². The highest BCUT2D eigenvalue weighted by Crippen LogP contribution is 2.11. The topological polar surface area (TPSA) is 78.9 Å². The summed E-state index contributed by atoms with van der Waals surface area (Å²) in [5.74, 6) is -1.12. The van der Waals surface area contributed by atoms with Gasteiger partial charge in [0.2, 0.25) is 0 Å². The standard InChI is InChI=1S/C63H94O6/c1-4-7-10-13-16-19-22-25-28-30-31-33-36-38-41-44-47-50-53-56-62(65)68-59-60(69-63(66)57-54-51-48-45-42-39-34-27-24-21-18-15-12-9-6-3)58-67-61(64)55-52-49-46-43-40-37-35-32-29-26-23-20-17-14-11-8-5-2/h7-12,16-21,25-29,31,33-35,37-38,41,43,46-47,50,60H,4-6,13-15,22-24,30,32,36,39-40,42,44-45,48-49,51-59H2,1-3H3/b10-7-,11-8-,12-9-,19-16-,20-17-,21-18-,28-25-,29-26-,33-31-,34-27-,37-35-,41-38-,46-43-,50-47-/t60-/m0/s1. The number of esters is 3. The lowest BCUT2D eigenvalue weighted by molar-refractivity contribution is -0.166. The predicted octanol–water partition coefficient (Wildman–Crippen LogP) is 18.0. The quantitative estimate of drug-likeness (QED) is 0.0262. The highest BCUT2D eigenvalue weighted by Gasteiger charge is 2.19. The molecule has 0 amide bonds. The summed E-state index contributed by atoms with van der Waals surface area (Å²) in [5.41, 5.74) is 0. The van der Waals surface area contributed by atoms with Gasteiger partial charge in [-0.3, -0.25) is 14.4 Å². The second kappa shape index (κ2) is 55.4. The molecule has 0 aromatic carbocycles. The van der Waals surface area contributed by atoms with E-state index in [2.05, 4.69) is 179 Å². The molecule has 0 aliphatic carbocycles. The van der Waals surface area contributed by atoms with Crippen LogP contribution >= 0.6 is 0 Å². The number of hydrogen-bond acceptors (Lipinski definition) is 6. The van der Waals surface area contributed by atoms with Gasteiger partial charge in [0.1, 0.15) is 13.2 Å². The summed E-state index contributed by atoms with van der Waals surface area (Å²) in [6, 6.07) is 0. The van der Waals surface area contributed by atoms with Gasteiger partial charge in [-0.2, -0.15) is 0 Å². The van der Waals surface area contributed by atoms with Crippen LogP contribution in [-0.4, -0.2) is 37.2 Å². The highest BCUT2D eigenvalue weighted by molar-refractivity contribution is 5.71. The van der Waals surface area contributed by atoms with Gasteiger partial charge in [-0.15, -0.1) is 0 Å². The Labute approximate surface area is 422 Å². The SMILES string of the molecule is CC/C=C\C/C=C\C/C=C\C/C=C\C/C=C\C/C=C\CCC(=O)OC[C@H](COC(=O)CCC/C=C\C/C=C\C/C=C\C/C=C\C/C=C\CC)OC(=O)CCCCCCC/C=C\C/C=C\C/C=C\CC. The summed E-state index contributed by atoms with van der Waals surface area (Å²) in [6.07, 6.45) is 82.1. The minimum absolute atomic E-state index is 0.147. The van der Waals surface area contributed by atoms with Gasteiger partial charge in [-0.1, -0.05) is 210 Å². The molecular formula is C63H94O6. The highest BCUT2D eigenvalue weighted by atomic mass is 16.6. The molecule has 0 saturated heterocycles. The number of carbonyl (C=O) groups is 3. The third kappa shape index (κ3) is 53.6. The molecule has 0 saturated carbocycles. The Bertz CT molecular complexity index is 1650. The van der Waals surface area contributed by atoms with E-state index >= 15 is 0 Å². The molecule has 0 rings (SSSR count). The summed E-state index contributed by atoms with van der Waals surface area (Å²) < 4.78 is 16.7. The number of ether oxygens (including phenoxy) is 3. The molecule has 6 heteroatoms. The van der Waals surface area contributed by atoms with Crippen molar-refractivity contribution in [2.45, 2.75) is 194 Å². The number of unbranched alkanes of at least 4 members (excludes halogenated alkanes) is 6. The van der Waals surface area contributed by atoms with E-state index in [0.29, 0.717) is 12.8 Å². The van der Waals surface area contributed by atoms with Gasteiger partial charge >= 0.3 is 17.9 Å². The number of rotatable bonds is 45. The molecule has 0 aliphatic rings. The van der Waals surface area contributed by atoms with Crippen LogP contribution in [0.1, 0.15) is 188 Å². The van der Waals surface area contributed by atoms with Crippen LogP contribution in [-0.2, 0) is 28.6 Å². The number of allylic oxidation sites excluding steroid dienone is 28. The van der Waals surface area contributed by atoms with Crippen LogP contribution in [0.5, 0.6) is 0 Å². The van der Waals surface area contributed by atoms with Gasteiger partial charge in [-0.05, 0) is 128 Å².